The molecule has 0 radical (unpaired) electrons. The molecule has 0 aliphatic carbocycles. The maximum Gasteiger partial charge on any atom is 0.261 e. The Morgan fingerprint density at radius 2 is 1.58 bits per heavy atom. The largest absolute Gasteiger partial charge is 0.345 e. The second kappa shape index (κ2) is 8.26. The van der Waals surface area contributed by atoms with Crippen LogP contribution in [-0.2, 0) is 9.59 Å². The smallest absolute Gasteiger partial charge is 0.261 e. The summed E-state index contributed by atoms with van der Waals surface area (Å²) < 4.78 is 0. The Balaban J connectivity index is 1.75. The van der Waals surface area contributed by atoms with Gasteiger partial charge in [-0.25, -0.2) is 0 Å². The van der Waals surface area contributed by atoms with Gasteiger partial charge in [0.1, 0.15) is 0 Å². The van der Waals surface area contributed by atoms with E-state index >= 15 is 0 Å². The number of rotatable bonds is 6. The molecule has 2 aromatic rings. The molecule has 1 aromatic carbocycles. The predicted molar refractivity (Wildman–Crippen MR) is 94.2 cm³/mol. The van der Waals surface area contributed by atoms with Crippen LogP contribution in [0.4, 0.5) is 5.69 Å². The highest BCUT2D eigenvalue weighted by molar-refractivity contribution is 7.12. The summed E-state index contributed by atoms with van der Waals surface area (Å²) >= 11 is 1.30. The number of anilines is 1. The Kier molecular flexibility index (Phi) is 6.08. The van der Waals surface area contributed by atoms with Crippen LogP contribution >= 0.6 is 11.3 Å². The summed E-state index contributed by atoms with van der Waals surface area (Å²) in [4.78, 5) is 35.9. The number of thiophene rings is 1. The van der Waals surface area contributed by atoms with Gasteiger partial charge in [-0.15, -0.1) is 11.3 Å². The van der Waals surface area contributed by atoms with Gasteiger partial charge < -0.3 is 16.0 Å². The van der Waals surface area contributed by atoms with E-state index in [2.05, 4.69) is 16.0 Å². The van der Waals surface area contributed by atoms with Crippen molar-refractivity contribution in [2.45, 2.75) is 13.8 Å². The quantitative estimate of drug-likeness (QED) is 0.747. The molecule has 0 aliphatic rings. The van der Waals surface area contributed by atoms with Crippen molar-refractivity contribution >= 4 is 34.7 Å². The highest BCUT2D eigenvalue weighted by Crippen LogP contribution is 2.18. The molecule has 1 heterocycles. The van der Waals surface area contributed by atoms with Crippen molar-refractivity contribution < 1.29 is 14.4 Å². The monoisotopic (exact) mass is 345 g/mol. The average molecular weight is 345 g/mol. The Labute approximate surface area is 144 Å². The first-order chi connectivity index (χ1) is 11.5. The minimum Gasteiger partial charge on any atom is -0.345 e. The number of aryl methyl sites for hydroxylation is 2. The highest BCUT2D eigenvalue weighted by atomic mass is 32.1. The first kappa shape index (κ1) is 17.7. The molecule has 0 atom stereocenters. The molecule has 0 fully saturated rings. The third-order valence-electron chi connectivity index (χ3n) is 3.35. The van der Waals surface area contributed by atoms with Gasteiger partial charge >= 0.3 is 0 Å². The van der Waals surface area contributed by atoms with Crippen LogP contribution in [-0.4, -0.2) is 30.8 Å². The molecule has 6 nitrogen and oxygen atoms in total. The molecule has 24 heavy (non-hydrogen) atoms. The number of benzene rings is 1. The summed E-state index contributed by atoms with van der Waals surface area (Å²) in [5.41, 5.74) is 2.67. The Morgan fingerprint density at radius 1 is 0.917 bits per heavy atom. The van der Waals surface area contributed by atoms with Crippen LogP contribution in [0.2, 0.25) is 0 Å². The molecular formula is C17H19N3O3S. The second-order valence-corrected chi connectivity index (χ2v) is 6.20. The van der Waals surface area contributed by atoms with Crippen LogP contribution in [0.5, 0.6) is 0 Å². The van der Waals surface area contributed by atoms with E-state index in [0.29, 0.717) is 4.88 Å². The lowest BCUT2D eigenvalue weighted by Crippen LogP contribution is -2.40. The van der Waals surface area contributed by atoms with Crippen molar-refractivity contribution in [3.8, 4) is 0 Å². The maximum atomic E-state index is 11.9. The van der Waals surface area contributed by atoms with Crippen molar-refractivity contribution in [2.75, 3.05) is 18.4 Å². The number of hydrogen-bond donors (Lipinski definition) is 3. The van der Waals surface area contributed by atoms with Gasteiger partial charge in [0.05, 0.1) is 18.0 Å². The molecule has 7 heteroatoms. The van der Waals surface area contributed by atoms with Crippen molar-refractivity contribution in [3.63, 3.8) is 0 Å². The lowest BCUT2D eigenvalue weighted by atomic mass is 10.1. The van der Waals surface area contributed by atoms with Crippen LogP contribution in [0.15, 0.2) is 35.7 Å². The molecule has 0 bridgehead atoms. The van der Waals surface area contributed by atoms with E-state index in [1.807, 2.05) is 32.0 Å². The van der Waals surface area contributed by atoms with E-state index in [0.717, 1.165) is 16.8 Å². The standard InChI is InChI=1S/C17H19N3O3S/c1-11-5-3-6-12(2)16(11)20-15(22)10-18-14(21)9-19-17(23)13-7-4-8-24-13/h3-8H,9-10H2,1-2H3,(H,18,21)(H,19,23)(H,20,22). The van der Waals surface area contributed by atoms with E-state index in [1.54, 1.807) is 17.5 Å². The minimum absolute atomic E-state index is 0.151. The summed E-state index contributed by atoms with van der Waals surface area (Å²) in [7, 11) is 0. The van der Waals surface area contributed by atoms with Gasteiger partial charge in [0.25, 0.3) is 5.91 Å². The number of para-hydroxylation sites is 1. The van der Waals surface area contributed by atoms with Crippen molar-refractivity contribution in [3.05, 3.63) is 51.7 Å². The molecule has 0 saturated heterocycles. The molecule has 2 rings (SSSR count). The zero-order valence-electron chi connectivity index (χ0n) is 13.5. The van der Waals surface area contributed by atoms with Crippen LogP contribution in [0, 0.1) is 13.8 Å². The fourth-order valence-electron chi connectivity index (χ4n) is 2.09. The highest BCUT2D eigenvalue weighted by Gasteiger charge is 2.11. The topological polar surface area (TPSA) is 87.3 Å². The van der Waals surface area contributed by atoms with Crippen molar-refractivity contribution in [1.29, 1.82) is 0 Å². The summed E-state index contributed by atoms with van der Waals surface area (Å²) in [6, 6.07) is 9.16. The van der Waals surface area contributed by atoms with E-state index in [9.17, 15) is 14.4 Å². The number of carbonyl (C=O) groups is 3. The van der Waals surface area contributed by atoms with Crippen molar-refractivity contribution in [2.24, 2.45) is 0 Å². The molecule has 0 saturated carbocycles. The molecule has 126 valence electrons. The molecule has 1 aromatic heterocycles. The van der Waals surface area contributed by atoms with Crippen LogP contribution in [0.25, 0.3) is 0 Å². The van der Waals surface area contributed by atoms with Gasteiger partial charge in [-0.3, -0.25) is 14.4 Å². The normalized spacial score (nSPS) is 10.1. The fourth-order valence-corrected chi connectivity index (χ4v) is 2.73. The molecule has 3 amide bonds. The van der Waals surface area contributed by atoms with Crippen molar-refractivity contribution in [1.82, 2.24) is 10.6 Å². The average Bonchev–Trinajstić information content (AvgIpc) is 3.09. The fraction of sp³-hybridized carbons (Fsp3) is 0.235. The van der Waals surface area contributed by atoms with Crippen LogP contribution in [0.1, 0.15) is 20.8 Å². The summed E-state index contributed by atoms with van der Waals surface area (Å²) in [6.45, 7) is 3.48. The van der Waals surface area contributed by atoms with Gasteiger partial charge in [-0.2, -0.15) is 0 Å². The number of hydrogen-bond acceptors (Lipinski definition) is 4. The van der Waals surface area contributed by atoms with E-state index in [4.69, 9.17) is 0 Å². The van der Waals surface area contributed by atoms with E-state index < -0.39 is 5.91 Å². The lowest BCUT2D eigenvalue weighted by molar-refractivity contribution is -0.123. The molecule has 0 spiro atoms. The van der Waals surface area contributed by atoms with Crippen LogP contribution in [0.3, 0.4) is 0 Å². The first-order valence-electron chi connectivity index (χ1n) is 7.42. The molecule has 3 N–H and O–H groups in total. The molecule has 0 aliphatic heterocycles. The minimum atomic E-state index is -0.420. The van der Waals surface area contributed by atoms with E-state index in [1.165, 1.54) is 11.3 Å². The summed E-state index contributed by atoms with van der Waals surface area (Å²) in [5, 5.41) is 9.55. The van der Waals surface area contributed by atoms with Gasteiger partial charge in [0.15, 0.2) is 0 Å². The summed E-state index contributed by atoms with van der Waals surface area (Å²) in [5.74, 6) is -1.04. The Morgan fingerprint density at radius 3 is 2.21 bits per heavy atom. The number of amides is 3. The Hall–Kier alpha value is -2.67. The zero-order valence-corrected chi connectivity index (χ0v) is 14.3. The van der Waals surface area contributed by atoms with Gasteiger partial charge in [0, 0.05) is 5.69 Å². The van der Waals surface area contributed by atoms with Gasteiger partial charge in [-0.05, 0) is 36.4 Å². The third kappa shape index (κ3) is 4.92. The number of nitrogens with one attached hydrogen (secondary N) is 3. The van der Waals surface area contributed by atoms with E-state index in [-0.39, 0.29) is 24.9 Å². The summed E-state index contributed by atoms with van der Waals surface area (Å²) in [6.07, 6.45) is 0. The van der Waals surface area contributed by atoms with Crippen LogP contribution < -0.4 is 16.0 Å². The maximum absolute atomic E-state index is 11.9. The van der Waals surface area contributed by atoms with Gasteiger partial charge in [0.2, 0.25) is 11.8 Å². The molecule has 0 unspecified atom stereocenters. The predicted octanol–water partition coefficient (Wildman–Crippen LogP) is 1.85. The molecular weight excluding hydrogens is 326 g/mol. The third-order valence-corrected chi connectivity index (χ3v) is 4.21. The first-order valence-corrected chi connectivity index (χ1v) is 8.30. The SMILES string of the molecule is Cc1cccc(C)c1NC(=O)CNC(=O)CNC(=O)c1cccs1. The van der Waals surface area contributed by atoms with Gasteiger partial charge in [-0.1, -0.05) is 24.3 Å². The lowest BCUT2D eigenvalue weighted by Gasteiger charge is -2.12. The second-order valence-electron chi connectivity index (χ2n) is 5.25. The Bertz CT molecular complexity index is 721. The zero-order chi connectivity index (χ0) is 17.5. The number of carbonyl (C=O) groups excluding carboxylic acids is 3.